The summed E-state index contributed by atoms with van der Waals surface area (Å²) < 4.78 is 13.4. The number of amides is 2. The van der Waals surface area contributed by atoms with Gasteiger partial charge in [0.2, 0.25) is 11.8 Å². The molecular formula is C28H37FN2O2. The fraction of sp³-hybridized carbons (Fsp3) is 0.500. The number of benzene rings is 2. The summed E-state index contributed by atoms with van der Waals surface area (Å²) in [5, 5.41) is 3.11. The van der Waals surface area contributed by atoms with E-state index in [9.17, 15) is 14.0 Å². The molecule has 1 unspecified atom stereocenters. The zero-order valence-electron chi connectivity index (χ0n) is 20.4. The van der Waals surface area contributed by atoms with Gasteiger partial charge in [0.05, 0.1) is 0 Å². The molecule has 2 amide bonds. The highest BCUT2D eigenvalue weighted by atomic mass is 19.1. The van der Waals surface area contributed by atoms with Crippen LogP contribution in [0.5, 0.6) is 0 Å². The number of hydrogen-bond acceptors (Lipinski definition) is 2. The smallest absolute Gasteiger partial charge is 0.242 e. The van der Waals surface area contributed by atoms with E-state index in [1.165, 1.54) is 17.7 Å². The fourth-order valence-corrected chi connectivity index (χ4v) is 4.33. The lowest BCUT2D eigenvalue weighted by Gasteiger charge is -2.30. The zero-order chi connectivity index (χ0) is 24.0. The van der Waals surface area contributed by atoms with E-state index in [4.69, 9.17) is 0 Å². The minimum absolute atomic E-state index is 0.0757. The molecule has 3 rings (SSSR count). The van der Waals surface area contributed by atoms with Crippen molar-refractivity contribution in [2.45, 2.75) is 90.3 Å². The molecule has 0 aliphatic heterocycles. The van der Waals surface area contributed by atoms with Gasteiger partial charge in [-0.3, -0.25) is 9.59 Å². The number of carbonyl (C=O) groups is 2. The van der Waals surface area contributed by atoms with Gasteiger partial charge < -0.3 is 10.2 Å². The second-order valence-electron chi connectivity index (χ2n) is 10.3. The average Bonchev–Trinajstić information content (AvgIpc) is 3.29. The highest BCUT2D eigenvalue weighted by molar-refractivity contribution is 5.87. The van der Waals surface area contributed by atoms with Gasteiger partial charge in [0.1, 0.15) is 11.9 Å². The normalized spacial score (nSPS) is 15.3. The topological polar surface area (TPSA) is 49.4 Å². The molecular weight excluding hydrogens is 415 g/mol. The van der Waals surface area contributed by atoms with E-state index < -0.39 is 6.04 Å². The van der Waals surface area contributed by atoms with Crippen molar-refractivity contribution in [1.29, 1.82) is 0 Å². The lowest BCUT2D eigenvalue weighted by atomic mass is 9.86. The summed E-state index contributed by atoms with van der Waals surface area (Å²) in [6.45, 7) is 8.59. The minimum atomic E-state index is -0.591. The van der Waals surface area contributed by atoms with Crippen LogP contribution >= 0.6 is 0 Å². The standard InChI is InChI=1S/C28H37FN2O2/c1-20(27(33)30-25-7-5-6-8-25)31(19-22-11-16-24(29)17-12-22)26(32)18-13-21-9-14-23(15-10-21)28(2,3)4/h9-12,14-17,20,25H,5-8,13,18-19H2,1-4H3,(H,30,33). The highest BCUT2D eigenvalue weighted by Gasteiger charge is 2.28. The Morgan fingerprint density at radius 2 is 1.58 bits per heavy atom. The summed E-state index contributed by atoms with van der Waals surface area (Å²) in [6.07, 6.45) is 5.18. The molecule has 2 aromatic rings. The average molecular weight is 453 g/mol. The third kappa shape index (κ3) is 7.15. The van der Waals surface area contributed by atoms with Crippen molar-refractivity contribution in [1.82, 2.24) is 10.2 Å². The number of rotatable bonds is 8. The summed E-state index contributed by atoms with van der Waals surface area (Å²) in [5.74, 6) is -0.512. The number of hydrogen-bond donors (Lipinski definition) is 1. The van der Waals surface area contributed by atoms with Crippen LogP contribution in [0.1, 0.15) is 76.5 Å². The molecule has 0 spiro atoms. The Labute approximate surface area is 197 Å². The van der Waals surface area contributed by atoms with E-state index in [-0.39, 0.29) is 35.6 Å². The molecule has 0 radical (unpaired) electrons. The van der Waals surface area contributed by atoms with Gasteiger partial charge in [0, 0.05) is 19.0 Å². The summed E-state index contributed by atoms with van der Waals surface area (Å²) in [5.41, 5.74) is 3.25. The first-order valence-electron chi connectivity index (χ1n) is 12.1. The molecule has 1 atom stereocenters. The van der Waals surface area contributed by atoms with Crippen LogP contribution in [-0.4, -0.2) is 28.8 Å². The fourth-order valence-electron chi connectivity index (χ4n) is 4.33. The Morgan fingerprint density at radius 3 is 2.15 bits per heavy atom. The van der Waals surface area contributed by atoms with E-state index in [2.05, 4.69) is 50.4 Å². The van der Waals surface area contributed by atoms with Gasteiger partial charge in [0.15, 0.2) is 0 Å². The Kier molecular flexibility index (Phi) is 8.28. The second kappa shape index (κ2) is 11.0. The van der Waals surface area contributed by atoms with Crippen LogP contribution in [0.3, 0.4) is 0 Å². The van der Waals surface area contributed by atoms with Crippen LogP contribution in [0.2, 0.25) is 0 Å². The molecule has 5 heteroatoms. The Morgan fingerprint density at radius 1 is 1.00 bits per heavy atom. The molecule has 2 aromatic carbocycles. The van der Waals surface area contributed by atoms with E-state index in [1.54, 1.807) is 24.0 Å². The summed E-state index contributed by atoms with van der Waals surface area (Å²) in [6, 6.07) is 14.1. The van der Waals surface area contributed by atoms with Gasteiger partial charge in [-0.05, 0) is 60.4 Å². The number of nitrogens with zero attached hydrogens (tertiary/aromatic N) is 1. The monoisotopic (exact) mass is 452 g/mol. The highest BCUT2D eigenvalue weighted by Crippen LogP contribution is 2.23. The SMILES string of the molecule is CC(C(=O)NC1CCCC1)N(Cc1ccc(F)cc1)C(=O)CCc1ccc(C(C)(C)C)cc1. The molecule has 0 bridgehead atoms. The second-order valence-corrected chi connectivity index (χ2v) is 10.3. The maximum Gasteiger partial charge on any atom is 0.242 e. The van der Waals surface area contributed by atoms with Crippen LogP contribution in [-0.2, 0) is 28.0 Å². The number of aryl methyl sites for hydroxylation is 1. The van der Waals surface area contributed by atoms with Crippen LogP contribution in [0.4, 0.5) is 4.39 Å². The molecule has 4 nitrogen and oxygen atoms in total. The molecule has 1 aliphatic carbocycles. The first-order valence-corrected chi connectivity index (χ1v) is 12.1. The van der Waals surface area contributed by atoms with Gasteiger partial charge in [-0.2, -0.15) is 0 Å². The predicted octanol–water partition coefficient (Wildman–Crippen LogP) is 5.53. The van der Waals surface area contributed by atoms with Crippen molar-refractivity contribution in [3.63, 3.8) is 0 Å². The quantitative estimate of drug-likeness (QED) is 0.572. The van der Waals surface area contributed by atoms with E-state index in [1.807, 2.05) is 0 Å². The maximum atomic E-state index is 13.4. The van der Waals surface area contributed by atoms with Crippen LogP contribution in [0, 0.1) is 5.82 Å². The molecule has 1 N–H and O–H groups in total. The Bertz CT molecular complexity index is 926. The molecule has 33 heavy (non-hydrogen) atoms. The Hall–Kier alpha value is -2.69. The lowest BCUT2D eigenvalue weighted by Crippen LogP contribution is -2.49. The Balaban J connectivity index is 1.69. The number of carbonyl (C=O) groups excluding carboxylic acids is 2. The third-order valence-electron chi connectivity index (χ3n) is 6.58. The van der Waals surface area contributed by atoms with Crippen molar-refractivity contribution >= 4 is 11.8 Å². The molecule has 1 fully saturated rings. The molecule has 1 aliphatic rings. The van der Waals surface area contributed by atoms with Crippen molar-refractivity contribution in [3.8, 4) is 0 Å². The van der Waals surface area contributed by atoms with Crippen molar-refractivity contribution in [2.24, 2.45) is 0 Å². The van der Waals surface area contributed by atoms with Crippen LogP contribution in [0.25, 0.3) is 0 Å². The first kappa shape index (κ1) is 24.9. The number of halogens is 1. The lowest BCUT2D eigenvalue weighted by molar-refractivity contribution is -0.140. The van der Waals surface area contributed by atoms with Gasteiger partial charge >= 0.3 is 0 Å². The molecule has 0 aromatic heterocycles. The van der Waals surface area contributed by atoms with Gasteiger partial charge in [0.25, 0.3) is 0 Å². The van der Waals surface area contributed by atoms with Gasteiger partial charge in [-0.25, -0.2) is 4.39 Å². The van der Waals surface area contributed by atoms with Crippen LogP contribution < -0.4 is 5.32 Å². The first-order chi connectivity index (χ1) is 15.6. The zero-order valence-corrected chi connectivity index (χ0v) is 20.4. The van der Waals surface area contributed by atoms with E-state index in [0.29, 0.717) is 12.8 Å². The predicted molar refractivity (Wildman–Crippen MR) is 130 cm³/mol. The molecule has 1 saturated carbocycles. The maximum absolute atomic E-state index is 13.4. The molecule has 0 heterocycles. The van der Waals surface area contributed by atoms with E-state index >= 15 is 0 Å². The largest absolute Gasteiger partial charge is 0.352 e. The minimum Gasteiger partial charge on any atom is -0.352 e. The molecule has 178 valence electrons. The van der Waals surface area contributed by atoms with Crippen molar-refractivity contribution in [3.05, 3.63) is 71.0 Å². The van der Waals surface area contributed by atoms with Crippen LogP contribution in [0.15, 0.2) is 48.5 Å². The van der Waals surface area contributed by atoms with Crippen molar-refractivity contribution < 1.29 is 14.0 Å². The number of nitrogens with one attached hydrogen (secondary N) is 1. The third-order valence-corrected chi connectivity index (χ3v) is 6.58. The van der Waals surface area contributed by atoms with E-state index in [0.717, 1.165) is 36.8 Å². The van der Waals surface area contributed by atoms with Gasteiger partial charge in [-0.1, -0.05) is 70.0 Å². The van der Waals surface area contributed by atoms with Crippen molar-refractivity contribution in [2.75, 3.05) is 0 Å². The molecule has 0 saturated heterocycles. The summed E-state index contributed by atoms with van der Waals surface area (Å²) >= 11 is 0. The van der Waals surface area contributed by atoms with Gasteiger partial charge in [-0.15, -0.1) is 0 Å². The summed E-state index contributed by atoms with van der Waals surface area (Å²) in [7, 11) is 0. The summed E-state index contributed by atoms with van der Waals surface area (Å²) in [4.78, 5) is 27.8.